The number of primary amides is 1. The van der Waals surface area contributed by atoms with E-state index in [0.717, 1.165) is 28.6 Å². The first-order chi connectivity index (χ1) is 15.4. The number of nitrogens with two attached hydrogens (primary N) is 1. The number of nitrogens with zero attached hydrogens (tertiary/aromatic N) is 3. The third kappa shape index (κ3) is 4.04. The molecule has 32 heavy (non-hydrogen) atoms. The van der Waals surface area contributed by atoms with Crippen molar-refractivity contribution in [2.75, 3.05) is 12.4 Å². The largest absolute Gasteiger partial charge is 0.366 e. The maximum atomic E-state index is 14.3. The number of amides is 1. The van der Waals surface area contributed by atoms with E-state index >= 15 is 0 Å². The van der Waals surface area contributed by atoms with Crippen molar-refractivity contribution in [2.45, 2.75) is 26.9 Å². The van der Waals surface area contributed by atoms with E-state index in [4.69, 9.17) is 15.7 Å². The zero-order valence-electron chi connectivity index (χ0n) is 18.2. The molecule has 4 rings (SSSR count). The number of benzene rings is 2. The molecule has 0 bridgehead atoms. The summed E-state index contributed by atoms with van der Waals surface area (Å²) in [6.45, 7) is 4.97. The first-order valence-electron chi connectivity index (χ1n) is 10.3. The van der Waals surface area contributed by atoms with E-state index in [-0.39, 0.29) is 5.56 Å². The number of anilines is 1. The molecule has 7 nitrogen and oxygen atoms in total. The summed E-state index contributed by atoms with van der Waals surface area (Å²) >= 11 is 0. The fourth-order valence-electron chi connectivity index (χ4n) is 3.82. The van der Waals surface area contributed by atoms with Gasteiger partial charge in [-0.2, -0.15) is 4.98 Å². The third-order valence-electron chi connectivity index (χ3n) is 5.42. The highest BCUT2D eigenvalue weighted by Gasteiger charge is 2.19. The van der Waals surface area contributed by atoms with Crippen LogP contribution in [0.4, 0.5) is 10.2 Å². The maximum absolute atomic E-state index is 14.3. The number of nitrogens with one attached hydrogen (secondary N) is 2. The molecule has 0 aliphatic carbocycles. The zero-order valence-corrected chi connectivity index (χ0v) is 18.2. The van der Waals surface area contributed by atoms with Crippen LogP contribution >= 0.6 is 0 Å². The minimum absolute atomic E-state index is 0.131. The number of aromatic nitrogens is 3. The normalized spacial score (nSPS) is 11.1. The molecule has 8 heteroatoms. The minimum atomic E-state index is -0.683. The number of carbonyl (C=O) groups is 1. The number of hydrogen-bond acceptors (Lipinski definition) is 5. The number of aryl methyl sites for hydroxylation is 1. The van der Waals surface area contributed by atoms with Crippen LogP contribution in [0.25, 0.3) is 16.9 Å². The van der Waals surface area contributed by atoms with Gasteiger partial charge in [0, 0.05) is 29.7 Å². The first kappa shape index (κ1) is 21.5. The quantitative estimate of drug-likeness (QED) is 0.415. The molecule has 4 N–H and O–H groups in total. The van der Waals surface area contributed by atoms with Crippen molar-refractivity contribution in [2.24, 2.45) is 5.73 Å². The molecule has 0 saturated carbocycles. The Hall–Kier alpha value is -3.78. The summed E-state index contributed by atoms with van der Waals surface area (Å²) in [5, 5.41) is 7.10. The monoisotopic (exact) mass is 432 g/mol. The lowest BCUT2D eigenvalue weighted by Gasteiger charge is -2.16. The summed E-state index contributed by atoms with van der Waals surface area (Å²) in [7, 11) is 1.85. The number of halogens is 1. The molecule has 0 fully saturated rings. The number of carbonyl (C=O) groups excluding carboxylic acids is 1. The smallest absolute Gasteiger partial charge is 0.249 e. The fraction of sp³-hybridized carbons (Fsp3) is 0.208. The van der Waals surface area contributed by atoms with Gasteiger partial charge in [0.2, 0.25) is 11.9 Å². The van der Waals surface area contributed by atoms with Gasteiger partial charge in [0.25, 0.3) is 0 Å². The summed E-state index contributed by atoms with van der Waals surface area (Å²) < 4.78 is 16.1. The van der Waals surface area contributed by atoms with Gasteiger partial charge in [-0.1, -0.05) is 30.3 Å². The molecular formula is C24H25FN6O. The second kappa shape index (κ2) is 8.76. The molecule has 1 amide bonds. The Morgan fingerprint density at radius 3 is 2.53 bits per heavy atom. The Bertz CT molecular complexity index is 1300. The van der Waals surface area contributed by atoms with Crippen LogP contribution in [0.15, 0.2) is 48.5 Å². The number of rotatable bonds is 7. The second-order valence-electron chi connectivity index (χ2n) is 7.68. The molecule has 0 radical (unpaired) electrons. The summed E-state index contributed by atoms with van der Waals surface area (Å²) in [5.41, 5.74) is 9.74. The molecule has 0 aliphatic heterocycles. The number of fused-ring (bicyclic) bond motifs is 1. The average Bonchev–Trinajstić information content (AvgIpc) is 3.10. The van der Waals surface area contributed by atoms with Crippen LogP contribution in [0.3, 0.4) is 0 Å². The van der Waals surface area contributed by atoms with Crippen LogP contribution in [-0.2, 0) is 13.1 Å². The Kier molecular flexibility index (Phi) is 5.87. The van der Waals surface area contributed by atoms with E-state index in [1.807, 2.05) is 51.2 Å². The highest BCUT2D eigenvalue weighted by atomic mass is 19.1. The van der Waals surface area contributed by atoms with Crippen LogP contribution in [0, 0.1) is 19.7 Å². The summed E-state index contributed by atoms with van der Waals surface area (Å²) in [5.74, 6) is -0.144. The lowest BCUT2D eigenvalue weighted by molar-refractivity contribution is 0.100. The summed E-state index contributed by atoms with van der Waals surface area (Å²) in [6.07, 6.45) is 0. The van der Waals surface area contributed by atoms with Crippen LogP contribution in [-0.4, -0.2) is 27.5 Å². The molecule has 2 heterocycles. The van der Waals surface area contributed by atoms with Crippen molar-refractivity contribution in [3.63, 3.8) is 0 Å². The van der Waals surface area contributed by atoms with Crippen LogP contribution in [0.1, 0.15) is 32.9 Å². The molecule has 0 saturated heterocycles. The van der Waals surface area contributed by atoms with Gasteiger partial charge >= 0.3 is 0 Å². The van der Waals surface area contributed by atoms with Crippen molar-refractivity contribution in [3.05, 3.63) is 82.4 Å². The van der Waals surface area contributed by atoms with Gasteiger partial charge in [-0.05, 0) is 44.7 Å². The van der Waals surface area contributed by atoms with Crippen molar-refractivity contribution < 1.29 is 9.18 Å². The number of hydrogen-bond donors (Lipinski definition) is 3. The molecular weight excluding hydrogens is 407 g/mol. The van der Waals surface area contributed by atoms with Gasteiger partial charge in [0.05, 0.1) is 16.8 Å². The van der Waals surface area contributed by atoms with Gasteiger partial charge < -0.3 is 16.4 Å². The Morgan fingerprint density at radius 2 is 1.84 bits per heavy atom. The Balaban J connectivity index is 1.86. The lowest BCUT2D eigenvalue weighted by Crippen LogP contribution is -2.16. The fourth-order valence-corrected chi connectivity index (χ4v) is 3.82. The van der Waals surface area contributed by atoms with Gasteiger partial charge in [-0.25, -0.2) is 9.37 Å². The molecule has 0 atom stereocenters. The van der Waals surface area contributed by atoms with Crippen LogP contribution in [0.5, 0.6) is 0 Å². The standard InChI is InChI=1S/C24H25FN6O/c1-14-9-18-19(22(26)32)10-17(25)11-21(18)31(14)24-29-20(13-27-3)15(2)23(30-24)28-12-16-7-5-4-6-8-16/h4-11,27H,12-13H2,1-3H3,(H2,26,32)(H,28,29,30). The zero-order chi connectivity index (χ0) is 22.8. The lowest BCUT2D eigenvalue weighted by atomic mass is 10.1. The Labute approximate surface area is 185 Å². The van der Waals surface area contributed by atoms with Crippen molar-refractivity contribution >= 4 is 22.6 Å². The van der Waals surface area contributed by atoms with E-state index in [0.29, 0.717) is 35.8 Å². The molecule has 4 aromatic rings. The van der Waals surface area contributed by atoms with Crippen LogP contribution in [0.2, 0.25) is 0 Å². The molecule has 0 aliphatic rings. The molecule has 0 unspecified atom stereocenters. The average molecular weight is 433 g/mol. The van der Waals surface area contributed by atoms with Crippen molar-refractivity contribution in [1.82, 2.24) is 19.9 Å². The predicted octanol–water partition coefficient (Wildman–Crippen LogP) is 3.61. The first-order valence-corrected chi connectivity index (χ1v) is 10.3. The van der Waals surface area contributed by atoms with E-state index in [2.05, 4.69) is 10.6 Å². The van der Waals surface area contributed by atoms with Gasteiger partial charge in [-0.3, -0.25) is 9.36 Å². The van der Waals surface area contributed by atoms with Crippen molar-refractivity contribution in [1.29, 1.82) is 0 Å². The molecule has 2 aromatic heterocycles. The van der Waals surface area contributed by atoms with E-state index < -0.39 is 11.7 Å². The summed E-state index contributed by atoms with van der Waals surface area (Å²) in [4.78, 5) is 21.4. The van der Waals surface area contributed by atoms with Crippen LogP contribution < -0.4 is 16.4 Å². The van der Waals surface area contributed by atoms with Gasteiger partial charge in [0.15, 0.2) is 0 Å². The van der Waals surface area contributed by atoms with E-state index in [9.17, 15) is 9.18 Å². The predicted molar refractivity (Wildman–Crippen MR) is 123 cm³/mol. The van der Waals surface area contributed by atoms with Crippen molar-refractivity contribution in [3.8, 4) is 5.95 Å². The minimum Gasteiger partial charge on any atom is -0.366 e. The second-order valence-corrected chi connectivity index (χ2v) is 7.68. The molecule has 2 aromatic carbocycles. The highest BCUT2D eigenvalue weighted by Crippen LogP contribution is 2.28. The third-order valence-corrected chi connectivity index (χ3v) is 5.42. The van der Waals surface area contributed by atoms with E-state index in [1.54, 1.807) is 10.6 Å². The highest BCUT2D eigenvalue weighted by molar-refractivity contribution is 6.06. The van der Waals surface area contributed by atoms with Gasteiger partial charge in [0.1, 0.15) is 11.6 Å². The van der Waals surface area contributed by atoms with E-state index in [1.165, 1.54) is 6.07 Å². The molecule has 0 spiro atoms. The molecule has 164 valence electrons. The topological polar surface area (TPSA) is 97.9 Å². The summed E-state index contributed by atoms with van der Waals surface area (Å²) in [6, 6.07) is 14.3. The Morgan fingerprint density at radius 1 is 1.09 bits per heavy atom. The maximum Gasteiger partial charge on any atom is 0.249 e. The SMILES string of the molecule is CNCc1nc(-n2c(C)cc3c(C(N)=O)cc(F)cc32)nc(NCc2ccccc2)c1C. The van der Waals surface area contributed by atoms with Gasteiger partial charge in [-0.15, -0.1) is 0 Å².